The van der Waals surface area contributed by atoms with E-state index < -0.39 is 0 Å². The Balaban J connectivity index is 1.57. The molecule has 2 atom stereocenters. The lowest BCUT2D eigenvalue weighted by Crippen LogP contribution is -2.48. The Morgan fingerprint density at radius 3 is 2.68 bits per heavy atom. The van der Waals surface area contributed by atoms with Crippen molar-refractivity contribution in [1.29, 1.82) is 0 Å². The number of anilines is 1. The molecular weight excluding hydrogens is 238 g/mol. The van der Waals surface area contributed by atoms with E-state index in [-0.39, 0.29) is 5.91 Å². The van der Waals surface area contributed by atoms with Crippen molar-refractivity contribution in [3.63, 3.8) is 0 Å². The van der Waals surface area contributed by atoms with Crippen molar-refractivity contribution in [3.05, 3.63) is 29.8 Å². The number of amides is 1. The molecule has 19 heavy (non-hydrogen) atoms. The van der Waals surface area contributed by atoms with Crippen LogP contribution in [0.5, 0.6) is 0 Å². The predicted molar refractivity (Wildman–Crippen MR) is 74.3 cm³/mol. The molecular formula is C15H19N3O. The maximum atomic E-state index is 11.9. The van der Waals surface area contributed by atoms with Crippen LogP contribution in [-0.2, 0) is 10.2 Å². The molecule has 0 spiro atoms. The molecule has 4 heteroatoms. The van der Waals surface area contributed by atoms with E-state index in [1.807, 2.05) is 4.90 Å². The third-order valence-electron chi connectivity index (χ3n) is 4.91. The predicted octanol–water partition coefficient (Wildman–Crippen LogP) is 0.484. The van der Waals surface area contributed by atoms with E-state index >= 15 is 0 Å². The summed E-state index contributed by atoms with van der Waals surface area (Å²) in [5.41, 5.74) is 2.88. The van der Waals surface area contributed by atoms with Crippen LogP contribution >= 0.6 is 0 Å². The second-order valence-corrected chi connectivity index (χ2v) is 5.96. The molecule has 2 heterocycles. The van der Waals surface area contributed by atoms with Crippen LogP contribution < -0.4 is 15.5 Å². The van der Waals surface area contributed by atoms with E-state index in [1.54, 1.807) is 0 Å². The highest BCUT2D eigenvalue weighted by Crippen LogP contribution is 2.56. The van der Waals surface area contributed by atoms with Gasteiger partial charge in [0.15, 0.2) is 0 Å². The first-order valence-electron chi connectivity index (χ1n) is 7.12. The first-order chi connectivity index (χ1) is 9.29. The lowest BCUT2D eigenvalue weighted by molar-refractivity contribution is -0.118. The lowest BCUT2D eigenvalue weighted by atomic mass is 9.95. The van der Waals surface area contributed by atoms with Gasteiger partial charge in [-0.05, 0) is 36.6 Å². The van der Waals surface area contributed by atoms with Crippen molar-refractivity contribution in [2.24, 2.45) is 5.92 Å². The number of rotatable bonds is 2. The number of fused-ring (bicyclic) bond motifs is 1. The summed E-state index contributed by atoms with van der Waals surface area (Å²) in [5, 5.41) is 6.58. The topological polar surface area (TPSA) is 44.4 Å². The average Bonchev–Trinajstić information content (AvgIpc) is 3.02. The molecule has 1 aromatic rings. The van der Waals surface area contributed by atoms with Gasteiger partial charge in [-0.2, -0.15) is 0 Å². The Hall–Kier alpha value is -1.39. The van der Waals surface area contributed by atoms with Gasteiger partial charge in [0.25, 0.3) is 0 Å². The zero-order valence-electron chi connectivity index (χ0n) is 11.0. The van der Waals surface area contributed by atoms with E-state index in [0.29, 0.717) is 12.0 Å². The summed E-state index contributed by atoms with van der Waals surface area (Å²) < 4.78 is 0. The standard InChI is InChI=1S/C15H19N3O/c19-14-9-16-5-6-18(14)13-3-1-11(2-4-13)15-7-12(15)8-17-10-15/h1-4,12,16-17H,5-10H2. The van der Waals surface area contributed by atoms with Crippen LogP contribution in [-0.4, -0.2) is 38.6 Å². The number of piperidine rings is 1. The van der Waals surface area contributed by atoms with Crippen LogP contribution in [0.15, 0.2) is 24.3 Å². The maximum Gasteiger partial charge on any atom is 0.240 e. The summed E-state index contributed by atoms with van der Waals surface area (Å²) in [7, 11) is 0. The number of nitrogens with one attached hydrogen (secondary N) is 2. The van der Waals surface area contributed by atoms with Gasteiger partial charge in [-0.15, -0.1) is 0 Å². The SMILES string of the molecule is O=C1CNCCN1c1ccc(C23CNCC2C3)cc1. The van der Waals surface area contributed by atoms with E-state index in [2.05, 4.69) is 34.9 Å². The Kier molecular flexibility index (Phi) is 2.44. The molecule has 1 amide bonds. The molecule has 0 radical (unpaired) electrons. The van der Waals surface area contributed by atoms with Gasteiger partial charge < -0.3 is 15.5 Å². The third kappa shape index (κ3) is 1.70. The minimum atomic E-state index is 0.170. The molecule has 100 valence electrons. The Bertz CT molecular complexity index is 513. The van der Waals surface area contributed by atoms with Crippen LogP contribution in [0.25, 0.3) is 0 Å². The van der Waals surface area contributed by atoms with Gasteiger partial charge >= 0.3 is 0 Å². The van der Waals surface area contributed by atoms with Crippen LogP contribution in [0.4, 0.5) is 5.69 Å². The quantitative estimate of drug-likeness (QED) is 0.810. The molecule has 3 aliphatic rings. The highest BCUT2D eigenvalue weighted by Gasteiger charge is 2.57. The minimum Gasteiger partial charge on any atom is -0.316 e. The fraction of sp³-hybridized carbons (Fsp3) is 0.533. The van der Waals surface area contributed by atoms with Gasteiger partial charge in [0.05, 0.1) is 6.54 Å². The number of carbonyl (C=O) groups excluding carboxylic acids is 1. The first-order valence-corrected chi connectivity index (χ1v) is 7.12. The number of benzene rings is 1. The second kappa shape index (κ2) is 4.05. The summed E-state index contributed by atoms with van der Waals surface area (Å²) in [6.07, 6.45) is 1.33. The summed E-state index contributed by atoms with van der Waals surface area (Å²) in [6.45, 7) is 4.39. The lowest BCUT2D eigenvalue weighted by Gasteiger charge is -2.27. The Labute approximate surface area is 113 Å². The van der Waals surface area contributed by atoms with Crippen LogP contribution in [0.1, 0.15) is 12.0 Å². The summed E-state index contributed by atoms with van der Waals surface area (Å²) in [4.78, 5) is 13.7. The van der Waals surface area contributed by atoms with Crippen molar-refractivity contribution in [2.45, 2.75) is 11.8 Å². The van der Waals surface area contributed by atoms with Crippen molar-refractivity contribution in [3.8, 4) is 0 Å². The van der Waals surface area contributed by atoms with Crippen molar-refractivity contribution in [1.82, 2.24) is 10.6 Å². The number of nitrogens with zero attached hydrogens (tertiary/aromatic N) is 1. The normalized spacial score (nSPS) is 33.4. The third-order valence-corrected chi connectivity index (χ3v) is 4.91. The molecule has 0 aromatic heterocycles. The smallest absolute Gasteiger partial charge is 0.240 e. The average molecular weight is 257 g/mol. The fourth-order valence-electron chi connectivity index (χ4n) is 3.64. The molecule has 1 aliphatic carbocycles. The largest absolute Gasteiger partial charge is 0.316 e. The molecule has 0 bridgehead atoms. The van der Waals surface area contributed by atoms with Crippen LogP contribution in [0.3, 0.4) is 0 Å². The number of piperazine rings is 1. The molecule has 4 rings (SSSR count). The van der Waals surface area contributed by atoms with E-state index in [4.69, 9.17) is 0 Å². The number of carbonyl (C=O) groups is 1. The molecule has 2 unspecified atom stereocenters. The fourth-order valence-corrected chi connectivity index (χ4v) is 3.64. The molecule has 1 aromatic carbocycles. The summed E-state index contributed by atoms with van der Waals surface area (Å²) >= 11 is 0. The van der Waals surface area contributed by atoms with Gasteiger partial charge in [-0.1, -0.05) is 12.1 Å². The molecule has 2 aliphatic heterocycles. The maximum absolute atomic E-state index is 11.9. The molecule has 4 nitrogen and oxygen atoms in total. The highest BCUT2D eigenvalue weighted by atomic mass is 16.2. The van der Waals surface area contributed by atoms with Gasteiger partial charge in [-0.3, -0.25) is 4.79 Å². The van der Waals surface area contributed by atoms with Crippen molar-refractivity contribution >= 4 is 11.6 Å². The van der Waals surface area contributed by atoms with Crippen LogP contribution in [0, 0.1) is 5.92 Å². The number of hydrogen-bond acceptors (Lipinski definition) is 3. The number of hydrogen-bond donors (Lipinski definition) is 2. The molecule has 1 saturated carbocycles. The van der Waals surface area contributed by atoms with Gasteiger partial charge in [0.1, 0.15) is 0 Å². The zero-order valence-corrected chi connectivity index (χ0v) is 11.0. The van der Waals surface area contributed by atoms with Gasteiger partial charge in [0.2, 0.25) is 5.91 Å². The molecule has 2 saturated heterocycles. The van der Waals surface area contributed by atoms with E-state index in [0.717, 1.165) is 37.8 Å². The van der Waals surface area contributed by atoms with E-state index in [1.165, 1.54) is 12.0 Å². The minimum absolute atomic E-state index is 0.170. The molecule has 2 N–H and O–H groups in total. The van der Waals surface area contributed by atoms with Crippen molar-refractivity contribution < 1.29 is 4.79 Å². The monoisotopic (exact) mass is 257 g/mol. The first kappa shape index (κ1) is 11.4. The summed E-state index contributed by atoms with van der Waals surface area (Å²) in [6, 6.07) is 8.66. The summed E-state index contributed by atoms with van der Waals surface area (Å²) in [5.74, 6) is 1.00. The van der Waals surface area contributed by atoms with Gasteiger partial charge in [0, 0.05) is 30.7 Å². The van der Waals surface area contributed by atoms with E-state index in [9.17, 15) is 4.79 Å². The zero-order chi connectivity index (χ0) is 12.9. The van der Waals surface area contributed by atoms with Gasteiger partial charge in [-0.25, -0.2) is 0 Å². The van der Waals surface area contributed by atoms with Crippen LogP contribution in [0.2, 0.25) is 0 Å². The second-order valence-electron chi connectivity index (χ2n) is 5.96. The Morgan fingerprint density at radius 1 is 1.21 bits per heavy atom. The Morgan fingerprint density at radius 2 is 2.05 bits per heavy atom. The van der Waals surface area contributed by atoms with Crippen molar-refractivity contribution in [2.75, 3.05) is 37.6 Å². The highest BCUT2D eigenvalue weighted by molar-refractivity contribution is 5.95. The molecule has 3 fully saturated rings.